The summed E-state index contributed by atoms with van der Waals surface area (Å²) in [6.45, 7) is 6.60. The Hall–Kier alpha value is -1.42. The van der Waals surface area contributed by atoms with Crippen LogP contribution in [-0.2, 0) is 9.53 Å². The Balaban J connectivity index is 2.23. The van der Waals surface area contributed by atoms with E-state index in [0.29, 0.717) is 25.1 Å². The van der Waals surface area contributed by atoms with Gasteiger partial charge in [0.05, 0.1) is 18.7 Å². The molecule has 0 spiro atoms. The van der Waals surface area contributed by atoms with Crippen LogP contribution in [0.5, 0.6) is 0 Å². The van der Waals surface area contributed by atoms with E-state index in [-0.39, 0.29) is 23.4 Å². The molecule has 0 saturated carbocycles. The molecule has 0 radical (unpaired) electrons. The standard InChI is InChI=1S/C15H20FNO2/c1-4-14(18)17-9-13(19-10-15(17,2)3)11-7-5-6-8-12(11)16/h5-8,13H,4,9-10H2,1-3H3. The summed E-state index contributed by atoms with van der Waals surface area (Å²) in [6.07, 6.45) is 0.0673. The van der Waals surface area contributed by atoms with Crippen LogP contribution in [-0.4, -0.2) is 29.5 Å². The maximum atomic E-state index is 13.8. The largest absolute Gasteiger partial charge is 0.369 e. The van der Waals surface area contributed by atoms with E-state index in [4.69, 9.17) is 4.74 Å². The molecule has 2 rings (SSSR count). The van der Waals surface area contributed by atoms with Gasteiger partial charge in [-0.05, 0) is 19.9 Å². The Morgan fingerprint density at radius 2 is 2.16 bits per heavy atom. The van der Waals surface area contributed by atoms with E-state index in [1.807, 2.05) is 20.8 Å². The molecule has 1 aromatic carbocycles. The molecule has 19 heavy (non-hydrogen) atoms. The highest BCUT2D eigenvalue weighted by atomic mass is 19.1. The van der Waals surface area contributed by atoms with Crippen LogP contribution in [0.25, 0.3) is 0 Å². The number of ether oxygens (including phenoxy) is 1. The summed E-state index contributed by atoms with van der Waals surface area (Å²) in [5.74, 6) is -0.203. The molecular weight excluding hydrogens is 245 g/mol. The van der Waals surface area contributed by atoms with Crippen molar-refractivity contribution in [3.8, 4) is 0 Å². The summed E-state index contributed by atoms with van der Waals surface area (Å²) in [5, 5.41) is 0. The monoisotopic (exact) mass is 265 g/mol. The van der Waals surface area contributed by atoms with Crippen LogP contribution in [0, 0.1) is 5.82 Å². The lowest BCUT2D eigenvalue weighted by Gasteiger charge is -2.45. The highest BCUT2D eigenvalue weighted by Crippen LogP contribution is 2.31. The van der Waals surface area contributed by atoms with Gasteiger partial charge in [-0.15, -0.1) is 0 Å². The fourth-order valence-corrected chi connectivity index (χ4v) is 2.40. The number of morpholine rings is 1. The summed E-state index contributed by atoms with van der Waals surface area (Å²) in [7, 11) is 0. The van der Waals surface area contributed by atoms with E-state index >= 15 is 0 Å². The fourth-order valence-electron chi connectivity index (χ4n) is 2.40. The lowest BCUT2D eigenvalue weighted by atomic mass is 9.97. The summed E-state index contributed by atoms with van der Waals surface area (Å²) >= 11 is 0. The molecule has 1 aliphatic rings. The molecule has 1 saturated heterocycles. The second kappa shape index (κ2) is 5.29. The van der Waals surface area contributed by atoms with Crippen molar-refractivity contribution in [3.63, 3.8) is 0 Å². The predicted octanol–water partition coefficient (Wildman–Crippen LogP) is 2.91. The number of carbonyl (C=O) groups is 1. The minimum atomic E-state index is -0.385. The van der Waals surface area contributed by atoms with Crippen molar-refractivity contribution in [2.24, 2.45) is 0 Å². The molecule has 0 aromatic heterocycles. The number of halogens is 1. The van der Waals surface area contributed by atoms with Gasteiger partial charge in [0.25, 0.3) is 0 Å². The average molecular weight is 265 g/mol. The van der Waals surface area contributed by atoms with Crippen LogP contribution < -0.4 is 0 Å². The van der Waals surface area contributed by atoms with Crippen LogP contribution in [0.3, 0.4) is 0 Å². The van der Waals surface area contributed by atoms with Crippen molar-refractivity contribution in [1.82, 2.24) is 4.90 Å². The van der Waals surface area contributed by atoms with Gasteiger partial charge < -0.3 is 9.64 Å². The number of benzene rings is 1. The van der Waals surface area contributed by atoms with Crippen molar-refractivity contribution in [2.45, 2.75) is 38.8 Å². The van der Waals surface area contributed by atoms with Crippen molar-refractivity contribution in [1.29, 1.82) is 0 Å². The smallest absolute Gasteiger partial charge is 0.222 e. The van der Waals surface area contributed by atoms with Gasteiger partial charge in [-0.2, -0.15) is 0 Å². The van der Waals surface area contributed by atoms with Crippen LogP contribution in [0.1, 0.15) is 38.9 Å². The summed E-state index contributed by atoms with van der Waals surface area (Å²) in [5.41, 5.74) is 0.182. The van der Waals surface area contributed by atoms with Crippen LogP contribution in [0.2, 0.25) is 0 Å². The van der Waals surface area contributed by atoms with Gasteiger partial charge in [0.2, 0.25) is 5.91 Å². The second-order valence-corrected chi connectivity index (χ2v) is 5.49. The van der Waals surface area contributed by atoms with E-state index in [1.165, 1.54) is 6.07 Å². The van der Waals surface area contributed by atoms with Crippen LogP contribution in [0.15, 0.2) is 24.3 Å². The zero-order valence-electron chi connectivity index (χ0n) is 11.6. The van der Waals surface area contributed by atoms with Crippen molar-refractivity contribution in [2.75, 3.05) is 13.2 Å². The molecule has 1 atom stereocenters. The molecule has 1 aromatic rings. The molecule has 1 fully saturated rings. The van der Waals surface area contributed by atoms with Gasteiger partial charge >= 0.3 is 0 Å². The number of rotatable bonds is 2. The van der Waals surface area contributed by atoms with Crippen molar-refractivity contribution < 1.29 is 13.9 Å². The highest BCUT2D eigenvalue weighted by Gasteiger charge is 2.38. The number of hydrogen-bond acceptors (Lipinski definition) is 2. The van der Waals surface area contributed by atoms with E-state index in [2.05, 4.69) is 0 Å². The Morgan fingerprint density at radius 3 is 2.79 bits per heavy atom. The Morgan fingerprint density at radius 1 is 1.47 bits per heavy atom. The van der Waals surface area contributed by atoms with Gasteiger partial charge in [-0.1, -0.05) is 25.1 Å². The molecule has 1 heterocycles. The number of amides is 1. The zero-order valence-corrected chi connectivity index (χ0v) is 11.6. The van der Waals surface area contributed by atoms with E-state index in [1.54, 1.807) is 23.1 Å². The van der Waals surface area contributed by atoms with Gasteiger partial charge in [-0.3, -0.25) is 4.79 Å². The van der Waals surface area contributed by atoms with E-state index in [9.17, 15) is 9.18 Å². The van der Waals surface area contributed by atoms with E-state index in [0.717, 1.165) is 0 Å². The molecule has 104 valence electrons. The number of nitrogens with zero attached hydrogens (tertiary/aromatic N) is 1. The summed E-state index contributed by atoms with van der Waals surface area (Å²) in [6, 6.07) is 6.57. The lowest BCUT2D eigenvalue weighted by Crippen LogP contribution is -2.56. The minimum absolute atomic E-state index is 0.0784. The quantitative estimate of drug-likeness (QED) is 0.823. The fraction of sp³-hybridized carbons (Fsp3) is 0.533. The summed E-state index contributed by atoms with van der Waals surface area (Å²) in [4.78, 5) is 13.8. The number of carbonyl (C=O) groups excluding carboxylic acids is 1. The second-order valence-electron chi connectivity index (χ2n) is 5.49. The minimum Gasteiger partial charge on any atom is -0.369 e. The Labute approximate surface area is 113 Å². The molecule has 1 amide bonds. The van der Waals surface area contributed by atoms with E-state index < -0.39 is 0 Å². The van der Waals surface area contributed by atoms with Gasteiger partial charge in [0, 0.05) is 12.0 Å². The molecule has 1 aliphatic heterocycles. The SMILES string of the molecule is CCC(=O)N1CC(c2ccccc2F)OCC1(C)C. The maximum Gasteiger partial charge on any atom is 0.222 e. The van der Waals surface area contributed by atoms with Crippen LogP contribution in [0.4, 0.5) is 4.39 Å². The Bertz CT molecular complexity index is 473. The van der Waals surface area contributed by atoms with Crippen molar-refractivity contribution >= 4 is 5.91 Å². The first-order valence-corrected chi connectivity index (χ1v) is 6.62. The van der Waals surface area contributed by atoms with Crippen LogP contribution >= 0.6 is 0 Å². The summed E-state index contributed by atoms with van der Waals surface area (Å²) < 4.78 is 19.5. The topological polar surface area (TPSA) is 29.5 Å². The van der Waals surface area contributed by atoms with Gasteiger partial charge in [0.15, 0.2) is 0 Å². The van der Waals surface area contributed by atoms with Crippen molar-refractivity contribution in [3.05, 3.63) is 35.6 Å². The highest BCUT2D eigenvalue weighted by molar-refractivity contribution is 5.76. The predicted molar refractivity (Wildman–Crippen MR) is 71.2 cm³/mol. The maximum absolute atomic E-state index is 13.8. The molecule has 0 N–H and O–H groups in total. The van der Waals surface area contributed by atoms with Gasteiger partial charge in [-0.25, -0.2) is 4.39 Å². The Kier molecular flexibility index (Phi) is 3.90. The average Bonchev–Trinajstić information content (AvgIpc) is 2.39. The number of hydrogen-bond donors (Lipinski definition) is 0. The first-order chi connectivity index (χ1) is 8.95. The molecule has 0 aliphatic carbocycles. The first kappa shape index (κ1) is 14.0. The lowest BCUT2D eigenvalue weighted by molar-refractivity contribution is -0.154. The third-order valence-corrected chi connectivity index (χ3v) is 3.57. The van der Waals surface area contributed by atoms with Gasteiger partial charge in [0.1, 0.15) is 11.9 Å². The third kappa shape index (κ3) is 2.78. The molecule has 3 nitrogen and oxygen atoms in total. The third-order valence-electron chi connectivity index (χ3n) is 3.57. The molecular formula is C15H20FNO2. The molecule has 0 bridgehead atoms. The molecule has 4 heteroatoms. The normalized spacial score (nSPS) is 22.3. The zero-order chi connectivity index (χ0) is 14.0. The first-order valence-electron chi connectivity index (χ1n) is 6.62. The molecule has 1 unspecified atom stereocenters.